The van der Waals surface area contributed by atoms with Crippen LogP contribution in [-0.4, -0.2) is 24.0 Å². The Bertz CT molecular complexity index is 564. The van der Waals surface area contributed by atoms with Gasteiger partial charge in [0.25, 0.3) is 0 Å². The van der Waals surface area contributed by atoms with E-state index in [4.69, 9.17) is 15.3 Å². The molecule has 6 nitrogen and oxygen atoms in total. The average Bonchev–Trinajstić information content (AvgIpc) is 3.06. The number of rotatable bonds is 6. The van der Waals surface area contributed by atoms with Gasteiger partial charge in [0, 0.05) is 16.3 Å². The van der Waals surface area contributed by atoms with Crippen molar-refractivity contribution in [1.29, 1.82) is 0 Å². The summed E-state index contributed by atoms with van der Waals surface area (Å²) in [6.45, 7) is 4.14. The van der Waals surface area contributed by atoms with Gasteiger partial charge in [-0.15, -0.1) is 11.3 Å². The zero-order valence-corrected chi connectivity index (χ0v) is 12.9. The summed E-state index contributed by atoms with van der Waals surface area (Å²) in [5, 5.41) is 6.32. The zero-order chi connectivity index (χ0) is 14.7. The SMILES string of the molecule is COc1csc(C(NN)c2c(OC)cnn2C(C)C)c1. The molecule has 0 saturated carbocycles. The number of thiophene rings is 1. The van der Waals surface area contributed by atoms with Gasteiger partial charge in [-0.3, -0.25) is 10.5 Å². The molecule has 0 aliphatic carbocycles. The Balaban J connectivity index is 2.47. The van der Waals surface area contributed by atoms with Gasteiger partial charge >= 0.3 is 0 Å². The first kappa shape index (κ1) is 14.8. The zero-order valence-electron chi connectivity index (χ0n) is 12.1. The van der Waals surface area contributed by atoms with E-state index in [0.29, 0.717) is 5.75 Å². The summed E-state index contributed by atoms with van der Waals surface area (Å²) in [4.78, 5) is 1.05. The number of nitrogens with one attached hydrogen (secondary N) is 1. The predicted octanol–water partition coefficient (Wildman–Crippen LogP) is 2.10. The third kappa shape index (κ3) is 2.65. The Morgan fingerprint density at radius 1 is 1.35 bits per heavy atom. The predicted molar refractivity (Wildman–Crippen MR) is 79.2 cm³/mol. The molecule has 0 saturated heterocycles. The number of aromatic nitrogens is 2. The largest absolute Gasteiger partial charge is 0.496 e. The number of hydrogen-bond acceptors (Lipinski definition) is 6. The van der Waals surface area contributed by atoms with Gasteiger partial charge in [0.15, 0.2) is 5.75 Å². The second-order valence-electron chi connectivity index (χ2n) is 4.63. The van der Waals surface area contributed by atoms with Gasteiger partial charge in [-0.1, -0.05) is 0 Å². The fourth-order valence-corrected chi connectivity index (χ4v) is 3.00. The van der Waals surface area contributed by atoms with E-state index in [2.05, 4.69) is 24.4 Å². The van der Waals surface area contributed by atoms with Crippen molar-refractivity contribution in [3.8, 4) is 11.5 Å². The van der Waals surface area contributed by atoms with Gasteiger partial charge in [0.2, 0.25) is 0 Å². The first-order valence-electron chi connectivity index (χ1n) is 6.32. The van der Waals surface area contributed by atoms with Crippen LogP contribution in [0.25, 0.3) is 0 Å². The normalized spacial score (nSPS) is 12.7. The van der Waals surface area contributed by atoms with Crippen LogP contribution in [0.4, 0.5) is 0 Å². The Morgan fingerprint density at radius 2 is 2.10 bits per heavy atom. The minimum Gasteiger partial charge on any atom is -0.496 e. The fraction of sp³-hybridized carbons (Fsp3) is 0.462. The minimum absolute atomic E-state index is 0.191. The van der Waals surface area contributed by atoms with Crippen molar-refractivity contribution in [2.24, 2.45) is 5.84 Å². The molecule has 3 N–H and O–H groups in total. The number of methoxy groups -OCH3 is 2. The van der Waals surface area contributed by atoms with Gasteiger partial charge in [0.1, 0.15) is 17.5 Å². The maximum atomic E-state index is 5.76. The van der Waals surface area contributed by atoms with Crippen LogP contribution in [0.3, 0.4) is 0 Å². The van der Waals surface area contributed by atoms with Crippen molar-refractivity contribution in [2.45, 2.75) is 25.9 Å². The van der Waals surface area contributed by atoms with E-state index in [1.807, 2.05) is 16.1 Å². The summed E-state index contributed by atoms with van der Waals surface area (Å²) in [6.07, 6.45) is 1.71. The van der Waals surface area contributed by atoms with Gasteiger partial charge in [-0.2, -0.15) is 5.10 Å². The Labute approximate surface area is 122 Å². The Morgan fingerprint density at radius 3 is 2.60 bits per heavy atom. The van der Waals surface area contributed by atoms with E-state index in [1.54, 1.807) is 31.8 Å². The average molecular weight is 296 g/mol. The third-order valence-corrected chi connectivity index (χ3v) is 4.04. The molecule has 0 aromatic carbocycles. The monoisotopic (exact) mass is 296 g/mol. The number of hydrogen-bond donors (Lipinski definition) is 2. The molecule has 0 amide bonds. The summed E-state index contributed by atoms with van der Waals surface area (Å²) >= 11 is 1.58. The van der Waals surface area contributed by atoms with E-state index < -0.39 is 0 Å². The maximum Gasteiger partial charge on any atom is 0.162 e. The summed E-state index contributed by atoms with van der Waals surface area (Å²) in [5.41, 5.74) is 3.75. The second-order valence-corrected chi connectivity index (χ2v) is 5.57. The molecule has 20 heavy (non-hydrogen) atoms. The summed E-state index contributed by atoms with van der Waals surface area (Å²) < 4.78 is 12.5. The summed E-state index contributed by atoms with van der Waals surface area (Å²) in [6, 6.07) is 1.99. The van der Waals surface area contributed by atoms with Crippen LogP contribution in [0, 0.1) is 0 Å². The molecule has 0 aliphatic rings. The van der Waals surface area contributed by atoms with E-state index in [-0.39, 0.29) is 12.1 Å². The molecular formula is C13H20N4O2S. The topological polar surface area (TPSA) is 74.3 Å². The number of hydrazine groups is 1. The van der Waals surface area contributed by atoms with Crippen molar-refractivity contribution in [3.05, 3.63) is 28.2 Å². The van der Waals surface area contributed by atoms with Crippen LogP contribution < -0.4 is 20.7 Å². The van der Waals surface area contributed by atoms with Crippen LogP contribution in [0.15, 0.2) is 17.6 Å². The highest BCUT2D eigenvalue weighted by Gasteiger charge is 2.25. The van der Waals surface area contributed by atoms with Crippen molar-refractivity contribution >= 4 is 11.3 Å². The van der Waals surface area contributed by atoms with Crippen molar-refractivity contribution in [1.82, 2.24) is 15.2 Å². The molecule has 2 rings (SSSR count). The van der Waals surface area contributed by atoms with Crippen LogP contribution in [0.5, 0.6) is 11.5 Å². The molecule has 2 heterocycles. The molecule has 0 bridgehead atoms. The van der Waals surface area contributed by atoms with Gasteiger partial charge in [-0.25, -0.2) is 5.43 Å². The lowest BCUT2D eigenvalue weighted by atomic mass is 10.1. The van der Waals surface area contributed by atoms with Crippen molar-refractivity contribution in [3.63, 3.8) is 0 Å². The van der Waals surface area contributed by atoms with Crippen LogP contribution in [0.1, 0.15) is 36.5 Å². The highest BCUT2D eigenvalue weighted by molar-refractivity contribution is 7.10. The molecule has 0 radical (unpaired) electrons. The van der Waals surface area contributed by atoms with Gasteiger partial charge in [-0.05, 0) is 19.9 Å². The van der Waals surface area contributed by atoms with E-state index in [1.165, 1.54) is 0 Å². The van der Waals surface area contributed by atoms with E-state index in [0.717, 1.165) is 16.3 Å². The molecule has 0 aliphatic heterocycles. The lowest BCUT2D eigenvalue weighted by molar-refractivity contribution is 0.394. The second kappa shape index (κ2) is 6.25. The summed E-state index contributed by atoms with van der Waals surface area (Å²) in [5.74, 6) is 7.29. The smallest absolute Gasteiger partial charge is 0.162 e. The first-order valence-corrected chi connectivity index (χ1v) is 7.20. The Kier molecular flexibility index (Phi) is 4.64. The van der Waals surface area contributed by atoms with Crippen LogP contribution in [0.2, 0.25) is 0 Å². The minimum atomic E-state index is -0.191. The number of ether oxygens (including phenoxy) is 2. The number of nitrogens with zero attached hydrogens (tertiary/aromatic N) is 2. The first-order chi connectivity index (χ1) is 9.62. The van der Waals surface area contributed by atoms with Crippen molar-refractivity contribution < 1.29 is 9.47 Å². The maximum absolute atomic E-state index is 5.76. The van der Waals surface area contributed by atoms with E-state index >= 15 is 0 Å². The highest BCUT2D eigenvalue weighted by Crippen LogP contribution is 2.35. The molecule has 2 aromatic rings. The van der Waals surface area contributed by atoms with Crippen LogP contribution in [-0.2, 0) is 0 Å². The molecule has 110 valence electrons. The molecule has 1 unspecified atom stereocenters. The van der Waals surface area contributed by atoms with Gasteiger partial charge < -0.3 is 9.47 Å². The molecule has 7 heteroatoms. The fourth-order valence-electron chi connectivity index (χ4n) is 2.09. The van der Waals surface area contributed by atoms with Crippen molar-refractivity contribution in [2.75, 3.05) is 14.2 Å². The van der Waals surface area contributed by atoms with Gasteiger partial charge in [0.05, 0.1) is 20.4 Å². The molecule has 2 aromatic heterocycles. The molecule has 0 fully saturated rings. The summed E-state index contributed by atoms with van der Waals surface area (Å²) in [7, 11) is 3.28. The molecule has 1 atom stereocenters. The molecule has 0 spiro atoms. The number of nitrogens with two attached hydrogens (primary N) is 1. The molecular weight excluding hydrogens is 276 g/mol. The highest BCUT2D eigenvalue weighted by atomic mass is 32.1. The lowest BCUT2D eigenvalue weighted by Crippen LogP contribution is -2.30. The van der Waals surface area contributed by atoms with Crippen LogP contribution >= 0.6 is 11.3 Å². The Hall–Kier alpha value is -1.57. The standard InChI is InChI=1S/C13H20N4O2S/c1-8(2)17-13(10(19-4)6-15-17)12(16-14)11-5-9(18-3)7-20-11/h5-8,12,16H,14H2,1-4H3. The lowest BCUT2D eigenvalue weighted by Gasteiger charge is -2.19. The van der Waals surface area contributed by atoms with E-state index in [9.17, 15) is 0 Å². The third-order valence-electron chi connectivity index (χ3n) is 3.06. The quantitative estimate of drug-likeness (QED) is 0.631.